The predicted octanol–water partition coefficient (Wildman–Crippen LogP) is 3.05. The number of aryl methyl sites for hydroxylation is 2. The standard InChI is InChI=1S/C16H18N2O2/c1-11-5-3-4-6-13(11)7-8-17-15-9-12(2)18-10-14(15)16(19)20/h3-6,9-10H,7-8H2,1-2H3,(H,17,18)(H,19,20). The molecule has 1 aromatic heterocycles. The summed E-state index contributed by atoms with van der Waals surface area (Å²) in [4.78, 5) is 15.2. The number of anilines is 1. The van der Waals surface area contributed by atoms with E-state index in [0.29, 0.717) is 12.2 Å². The fraction of sp³-hybridized carbons (Fsp3) is 0.250. The highest BCUT2D eigenvalue weighted by Crippen LogP contribution is 2.16. The number of pyridine rings is 1. The molecule has 0 aliphatic carbocycles. The number of carbonyl (C=O) groups is 1. The lowest BCUT2D eigenvalue weighted by molar-refractivity contribution is 0.0697. The van der Waals surface area contributed by atoms with E-state index in [1.165, 1.54) is 17.3 Å². The van der Waals surface area contributed by atoms with E-state index < -0.39 is 5.97 Å². The van der Waals surface area contributed by atoms with Crippen molar-refractivity contribution in [2.45, 2.75) is 20.3 Å². The number of hydrogen-bond donors (Lipinski definition) is 2. The Morgan fingerprint density at radius 1 is 1.30 bits per heavy atom. The molecule has 0 atom stereocenters. The first-order valence-electron chi connectivity index (χ1n) is 6.56. The van der Waals surface area contributed by atoms with E-state index >= 15 is 0 Å². The summed E-state index contributed by atoms with van der Waals surface area (Å²) in [7, 11) is 0. The molecule has 1 heterocycles. The molecule has 0 saturated heterocycles. The first-order valence-corrected chi connectivity index (χ1v) is 6.56. The Balaban J connectivity index is 2.06. The van der Waals surface area contributed by atoms with Gasteiger partial charge in [0.15, 0.2) is 0 Å². The van der Waals surface area contributed by atoms with Crippen LogP contribution in [0, 0.1) is 13.8 Å². The molecular weight excluding hydrogens is 252 g/mol. The fourth-order valence-corrected chi connectivity index (χ4v) is 2.10. The number of aromatic nitrogens is 1. The molecule has 0 aliphatic heterocycles. The number of nitrogens with one attached hydrogen (secondary N) is 1. The number of hydrogen-bond acceptors (Lipinski definition) is 3. The number of nitrogens with zero attached hydrogens (tertiary/aromatic N) is 1. The van der Waals surface area contributed by atoms with Gasteiger partial charge in [0.1, 0.15) is 5.56 Å². The van der Waals surface area contributed by atoms with E-state index in [0.717, 1.165) is 12.1 Å². The molecule has 0 fully saturated rings. The highest BCUT2D eigenvalue weighted by molar-refractivity contribution is 5.93. The Bertz CT molecular complexity index is 624. The highest BCUT2D eigenvalue weighted by atomic mass is 16.4. The molecule has 0 aliphatic rings. The van der Waals surface area contributed by atoms with Gasteiger partial charge in [-0.3, -0.25) is 4.98 Å². The van der Waals surface area contributed by atoms with Crippen molar-refractivity contribution in [1.29, 1.82) is 0 Å². The topological polar surface area (TPSA) is 62.2 Å². The van der Waals surface area contributed by atoms with Gasteiger partial charge < -0.3 is 10.4 Å². The third-order valence-corrected chi connectivity index (χ3v) is 3.24. The largest absolute Gasteiger partial charge is 0.478 e. The van der Waals surface area contributed by atoms with Crippen molar-refractivity contribution in [3.05, 3.63) is 58.9 Å². The average Bonchev–Trinajstić information content (AvgIpc) is 2.41. The van der Waals surface area contributed by atoms with Crippen molar-refractivity contribution in [2.24, 2.45) is 0 Å². The van der Waals surface area contributed by atoms with Gasteiger partial charge in [-0.2, -0.15) is 0 Å². The molecule has 20 heavy (non-hydrogen) atoms. The molecule has 0 radical (unpaired) electrons. The molecule has 0 spiro atoms. The molecular formula is C16H18N2O2. The second-order valence-electron chi connectivity index (χ2n) is 4.78. The number of benzene rings is 1. The number of carboxylic acid groups (broad SMARTS) is 1. The first kappa shape index (κ1) is 14.1. The van der Waals surface area contributed by atoms with Gasteiger partial charge in [0.05, 0.1) is 5.69 Å². The predicted molar refractivity (Wildman–Crippen MR) is 79.3 cm³/mol. The molecule has 0 amide bonds. The summed E-state index contributed by atoms with van der Waals surface area (Å²) < 4.78 is 0. The minimum absolute atomic E-state index is 0.209. The van der Waals surface area contributed by atoms with Crippen LogP contribution in [0.5, 0.6) is 0 Å². The van der Waals surface area contributed by atoms with Crippen molar-refractivity contribution < 1.29 is 9.90 Å². The van der Waals surface area contributed by atoms with Crippen LogP contribution < -0.4 is 5.32 Å². The van der Waals surface area contributed by atoms with Crippen LogP contribution in [-0.2, 0) is 6.42 Å². The lowest BCUT2D eigenvalue weighted by atomic mass is 10.1. The third-order valence-electron chi connectivity index (χ3n) is 3.24. The smallest absolute Gasteiger partial charge is 0.339 e. The van der Waals surface area contributed by atoms with Crippen LogP contribution in [0.2, 0.25) is 0 Å². The van der Waals surface area contributed by atoms with Gasteiger partial charge in [0.2, 0.25) is 0 Å². The summed E-state index contributed by atoms with van der Waals surface area (Å²) >= 11 is 0. The van der Waals surface area contributed by atoms with E-state index in [4.69, 9.17) is 5.11 Å². The maximum absolute atomic E-state index is 11.1. The van der Waals surface area contributed by atoms with Crippen LogP contribution in [0.25, 0.3) is 0 Å². The second kappa shape index (κ2) is 6.19. The van der Waals surface area contributed by atoms with Crippen molar-refractivity contribution in [3.63, 3.8) is 0 Å². The summed E-state index contributed by atoms with van der Waals surface area (Å²) in [5.74, 6) is -0.962. The molecule has 4 nitrogen and oxygen atoms in total. The van der Waals surface area contributed by atoms with E-state index in [9.17, 15) is 4.79 Å². The Morgan fingerprint density at radius 3 is 2.75 bits per heavy atom. The molecule has 0 bridgehead atoms. The van der Waals surface area contributed by atoms with Gasteiger partial charge in [-0.15, -0.1) is 0 Å². The van der Waals surface area contributed by atoms with E-state index in [-0.39, 0.29) is 5.56 Å². The zero-order valence-electron chi connectivity index (χ0n) is 11.7. The molecule has 2 N–H and O–H groups in total. The monoisotopic (exact) mass is 270 g/mol. The molecule has 104 valence electrons. The van der Waals surface area contributed by atoms with Crippen molar-refractivity contribution in [1.82, 2.24) is 4.98 Å². The van der Waals surface area contributed by atoms with Gasteiger partial charge in [-0.05, 0) is 37.5 Å². The summed E-state index contributed by atoms with van der Waals surface area (Å²) in [6.07, 6.45) is 2.25. The Labute approximate surface area is 118 Å². The van der Waals surface area contributed by atoms with Crippen LogP contribution in [0.1, 0.15) is 27.2 Å². The highest BCUT2D eigenvalue weighted by Gasteiger charge is 2.10. The third kappa shape index (κ3) is 3.35. The summed E-state index contributed by atoms with van der Waals surface area (Å²) in [6, 6.07) is 9.96. The van der Waals surface area contributed by atoms with Gasteiger partial charge in [0.25, 0.3) is 0 Å². The maximum Gasteiger partial charge on any atom is 0.339 e. The molecule has 0 saturated carbocycles. The lowest BCUT2D eigenvalue weighted by Gasteiger charge is -2.11. The summed E-state index contributed by atoms with van der Waals surface area (Å²) in [5, 5.41) is 12.3. The number of carboxylic acids is 1. The lowest BCUT2D eigenvalue weighted by Crippen LogP contribution is -2.11. The number of aromatic carboxylic acids is 1. The van der Waals surface area contributed by atoms with Gasteiger partial charge in [0, 0.05) is 18.4 Å². The Hall–Kier alpha value is -2.36. The summed E-state index contributed by atoms with van der Waals surface area (Å²) in [6.45, 7) is 4.61. The zero-order chi connectivity index (χ0) is 14.5. The first-order chi connectivity index (χ1) is 9.58. The molecule has 4 heteroatoms. The molecule has 1 aromatic carbocycles. The zero-order valence-corrected chi connectivity index (χ0v) is 11.7. The Kier molecular flexibility index (Phi) is 4.35. The average molecular weight is 270 g/mol. The second-order valence-corrected chi connectivity index (χ2v) is 4.78. The molecule has 2 aromatic rings. The van der Waals surface area contributed by atoms with Gasteiger partial charge >= 0.3 is 5.97 Å². The number of rotatable bonds is 5. The maximum atomic E-state index is 11.1. The van der Waals surface area contributed by atoms with Crippen LogP contribution in [0.3, 0.4) is 0 Å². The quantitative estimate of drug-likeness (QED) is 0.876. The minimum Gasteiger partial charge on any atom is -0.478 e. The normalized spacial score (nSPS) is 10.3. The van der Waals surface area contributed by atoms with E-state index in [1.807, 2.05) is 19.1 Å². The van der Waals surface area contributed by atoms with Crippen molar-refractivity contribution in [3.8, 4) is 0 Å². The van der Waals surface area contributed by atoms with Crippen LogP contribution in [-0.4, -0.2) is 22.6 Å². The van der Waals surface area contributed by atoms with Crippen molar-refractivity contribution in [2.75, 3.05) is 11.9 Å². The van der Waals surface area contributed by atoms with E-state index in [1.54, 1.807) is 6.07 Å². The van der Waals surface area contributed by atoms with Gasteiger partial charge in [-0.1, -0.05) is 24.3 Å². The van der Waals surface area contributed by atoms with Crippen LogP contribution in [0.15, 0.2) is 36.5 Å². The molecule has 2 rings (SSSR count). The van der Waals surface area contributed by atoms with E-state index in [2.05, 4.69) is 29.4 Å². The van der Waals surface area contributed by atoms with Crippen LogP contribution in [0.4, 0.5) is 5.69 Å². The molecule has 0 unspecified atom stereocenters. The minimum atomic E-state index is -0.962. The SMILES string of the molecule is Cc1cc(NCCc2ccccc2C)c(C(=O)O)cn1. The summed E-state index contributed by atoms with van der Waals surface area (Å²) in [5.41, 5.74) is 4.15. The van der Waals surface area contributed by atoms with Crippen LogP contribution >= 0.6 is 0 Å². The Morgan fingerprint density at radius 2 is 2.05 bits per heavy atom. The van der Waals surface area contributed by atoms with Crippen molar-refractivity contribution >= 4 is 11.7 Å². The van der Waals surface area contributed by atoms with Gasteiger partial charge in [-0.25, -0.2) is 4.79 Å². The fourth-order valence-electron chi connectivity index (χ4n) is 2.10.